The average molecular weight is 405 g/mol. The number of carbonyl (C=O) groups is 2. The number of para-hydroxylation sites is 1. The summed E-state index contributed by atoms with van der Waals surface area (Å²) in [6.45, 7) is 0. The number of allylic oxidation sites excluding steroid dienone is 4. The van der Waals surface area contributed by atoms with Gasteiger partial charge in [-0.25, -0.2) is 0 Å². The maximum Gasteiger partial charge on any atom is 0.333 e. The number of benzene rings is 2. The molecule has 2 aliphatic rings. The van der Waals surface area contributed by atoms with Gasteiger partial charge in [0.2, 0.25) is 0 Å². The van der Waals surface area contributed by atoms with Crippen LogP contribution in [0, 0.1) is 0 Å². The molecule has 2 aliphatic carbocycles. The lowest BCUT2D eigenvalue weighted by molar-refractivity contribution is -0.148. The van der Waals surface area contributed by atoms with Crippen LogP contribution < -0.4 is 10.5 Å². The van der Waals surface area contributed by atoms with E-state index in [-0.39, 0.29) is 29.3 Å². The number of hydrogen-bond donors (Lipinski definition) is 2. The highest BCUT2D eigenvalue weighted by molar-refractivity contribution is 6.34. The maximum atomic E-state index is 13.7. The van der Waals surface area contributed by atoms with Crippen LogP contribution in [0.25, 0.3) is 0 Å². The van der Waals surface area contributed by atoms with E-state index in [9.17, 15) is 32.3 Å². The second-order valence-electron chi connectivity index (χ2n) is 6.49. The maximum absolute atomic E-state index is 13.7. The second-order valence-corrected chi connectivity index (χ2v) is 6.49. The molecular weight excluding hydrogens is 394 g/mol. The van der Waals surface area contributed by atoms with Crippen molar-refractivity contribution in [3.05, 3.63) is 70.8 Å². The quantitative estimate of drug-likeness (QED) is 0.442. The van der Waals surface area contributed by atoms with Gasteiger partial charge in [0.05, 0.1) is 16.8 Å². The largest absolute Gasteiger partial charge is 0.507 e. The highest BCUT2D eigenvalue weighted by Crippen LogP contribution is 2.49. The Bertz CT molecular complexity index is 1140. The minimum Gasteiger partial charge on any atom is -0.507 e. The van der Waals surface area contributed by atoms with Crippen LogP contribution in [0.1, 0.15) is 20.7 Å². The van der Waals surface area contributed by atoms with Gasteiger partial charge in [-0.2, -0.15) is 17.6 Å². The Morgan fingerprint density at radius 3 is 1.93 bits per heavy atom. The lowest BCUT2D eigenvalue weighted by Crippen LogP contribution is -2.42. The van der Waals surface area contributed by atoms with Gasteiger partial charge in [-0.1, -0.05) is 18.2 Å². The number of alkyl halides is 4. The summed E-state index contributed by atoms with van der Waals surface area (Å²) in [5, 5.41) is 10.3. The van der Waals surface area contributed by atoms with Gasteiger partial charge in [-0.05, 0) is 12.1 Å². The molecule has 2 aromatic carbocycles. The molecule has 0 aliphatic heterocycles. The number of phenolic OH excluding ortho intramolecular Hbond substituents is 1. The molecule has 4 rings (SSSR count). The van der Waals surface area contributed by atoms with Crippen LogP contribution in [0.2, 0.25) is 0 Å². The van der Waals surface area contributed by atoms with Crippen molar-refractivity contribution in [1.82, 2.24) is 0 Å². The fraction of sp³-hybridized carbons (Fsp3) is 0.100. The van der Waals surface area contributed by atoms with E-state index in [2.05, 4.69) is 0 Å². The first-order valence-electron chi connectivity index (χ1n) is 8.23. The molecule has 29 heavy (non-hydrogen) atoms. The zero-order valence-electron chi connectivity index (χ0n) is 14.4. The predicted molar refractivity (Wildman–Crippen MR) is 93.8 cm³/mol. The summed E-state index contributed by atoms with van der Waals surface area (Å²) in [5.74, 6) is -12.4. The normalized spacial score (nSPS) is 19.0. The van der Waals surface area contributed by atoms with Crippen molar-refractivity contribution >= 4 is 17.3 Å². The van der Waals surface area contributed by atoms with Gasteiger partial charge in [0.1, 0.15) is 11.5 Å². The topological polar surface area (TPSA) is 89.6 Å². The summed E-state index contributed by atoms with van der Waals surface area (Å²) >= 11 is 0. The third-order valence-corrected chi connectivity index (χ3v) is 4.61. The molecule has 0 fully saturated rings. The van der Waals surface area contributed by atoms with Crippen molar-refractivity contribution in [2.24, 2.45) is 0 Å². The fourth-order valence-electron chi connectivity index (χ4n) is 3.18. The van der Waals surface area contributed by atoms with E-state index < -0.39 is 51.4 Å². The average Bonchev–Trinajstić information content (AvgIpc) is 2.65. The molecule has 0 heterocycles. The number of hydrogen-bond acceptors (Lipinski definition) is 5. The molecule has 0 bridgehead atoms. The van der Waals surface area contributed by atoms with E-state index in [1.54, 1.807) is 30.3 Å². The molecule has 0 aromatic heterocycles. The van der Waals surface area contributed by atoms with Crippen LogP contribution in [-0.4, -0.2) is 28.5 Å². The predicted octanol–water partition coefficient (Wildman–Crippen LogP) is 4.28. The monoisotopic (exact) mass is 405 g/mol. The van der Waals surface area contributed by atoms with Crippen LogP contribution in [0.3, 0.4) is 0 Å². The number of fused-ring (bicyclic) bond motifs is 2. The molecule has 9 heteroatoms. The molecule has 0 atom stereocenters. The number of aromatic hydroxyl groups is 1. The summed E-state index contributed by atoms with van der Waals surface area (Å²) < 4.78 is 60.3. The number of anilines is 1. The highest BCUT2D eigenvalue weighted by Gasteiger charge is 2.58. The fourth-order valence-corrected chi connectivity index (χ4v) is 3.18. The summed E-state index contributed by atoms with van der Waals surface area (Å²) in [6.07, 6.45) is -0.498. The smallest absolute Gasteiger partial charge is 0.333 e. The standard InChI is InChI=1S/C20H11F4NO4/c21-19(22)7-10-11(8-20(19,23)24)18(28)15-14(17(10)27)12(26)6-13(16(15)25)29-9-4-2-1-3-5-9/h1-8,26H,25H2. The van der Waals surface area contributed by atoms with Crippen LogP contribution in [0.15, 0.2) is 59.7 Å². The second kappa shape index (κ2) is 5.94. The first kappa shape index (κ1) is 18.7. The lowest BCUT2D eigenvalue weighted by Gasteiger charge is -2.31. The molecule has 0 saturated carbocycles. The third kappa shape index (κ3) is 2.69. The molecule has 5 nitrogen and oxygen atoms in total. The van der Waals surface area contributed by atoms with E-state index in [4.69, 9.17) is 10.5 Å². The molecular formula is C20H11F4NO4. The van der Waals surface area contributed by atoms with Crippen molar-refractivity contribution < 1.29 is 37.0 Å². The third-order valence-electron chi connectivity index (χ3n) is 4.61. The Kier molecular flexibility index (Phi) is 3.83. The van der Waals surface area contributed by atoms with E-state index in [1.165, 1.54) is 0 Å². The molecule has 148 valence electrons. The van der Waals surface area contributed by atoms with Crippen LogP contribution >= 0.6 is 0 Å². The Hall–Kier alpha value is -3.62. The van der Waals surface area contributed by atoms with Crippen LogP contribution in [-0.2, 0) is 0 Å². The summed E-state index contributed by atoms with van der Waals surface area (Å²) in [5.41, 5.74) is 2.50. The molecule has 0 unspecified atom stereocenters. The number of ketones is 2. The molecule has 2 aromatic rings. The number of Topliss-reactive ketones (excluding diaryl/α,β-unsaturated/α-hetero) is 2. The Morgan fingerprint density at radius 2 is 1.38 bits per heavy atom. The Morgan fingerprint density at radius 1 is 0.862 bits per heavy atom. The Balaban J connectivity index is 1.91. The minimum absolute atomic E-state index is 0.200. The van der Waals surface area contributed by atoms with Gasteiger partial charge >= 0.3 is 11.8 Å². The van der Waals surface area contributed by atoms with E-state index in [0.717, 1.165) is 6.07 Å². The zero-order chi connectivity index (χ0) is 21.1. The number of halogens is 4. The van der Waals surface area contributed by atoms with Crippen molar-refractivity contribution in [3.63, 3.8) is 0 Å². The molecule has 0 radical (unpaired) electrons. The highest BCUT2D eigenvalue weighted by atomic mass is 19.3. The number of nitrogen functional groups attached to an aromatic ring is 1. The first-order valence-corrected chi connectivity index (χ1v) is 8.23. The number of carbonyl (C=O) groups excluding carboxylic acids is 2. The van der Waals surface area contributed by atoms with Gasteiger partial charge in [0.25, 0.3) is 0 Å². The van der Waals surface area contributed by atoms with Crippen molar-refractivity contribution in [3.8, 4) is 17.2 Å². The number of ether oxygens (including phenoxy) is 1. The van der Waals surface area contributed by atoms with Gasteiger partial charge in [0.15, 0.2) is 17.3 Å². The minimum atomic E-state index is -4.67. The molecule has 0 amide bonds. The van der Waals surface area contributed by atoms with E-state index >= 15 is 0 Å². The Labute approximate surface area is 160 Å². The van der Waals surface area contributed by atoms with E-state index in [1.807, 2.05) is 0 Å². The first-order chi connectivity index (χ1) is 13.5. The summed E-state index contributed by atoms with van der Waals surface area (Å²) in [7, 11) is 0. The summed E-state index contributed by atoms with van der Waals surface area (Å²) in [6, 6.07) is 9.06. The van der Waals surface area contributed by atoms with Crippen molar-refractivity contribution in [1.29, 1.82) is 0 Å². The number of nitrogens with two attached hydrogens (primary N) is 1. The SMILES string of the molecule is Nc1c(Oc2ccccc2)cc(O)c2c1C(=O)C1=CC(F)(F)C(F)(F)C=C1C2=O. The summed E-state index contributed by atoms with van der Waals surface area (Å²) in [4.78, 5) is 25.4. The van der Waals surface area contributed by atoms with Gasteiger partial charge in [0, 0.05) is 29.4 Å². The van der Waals surface area contributed by atoms with Crippen molar-refractivity contribution in [2.75, 3.05) is 5.73 Å². The van der Waals surface area contributed by atoms with Gasteiger partial charge in [-0.15, -0.1) is 0 Å². The lowest BCUT2D eigenvalue weighted by atomic mass is 9.77. The van der Waals surface area contributed by atoms with E-state index in [0.29, 0.717) is 0 Å². The van der Waals surface area contributed by atoms with Crippen LogP contribution in [0.4, 0.5) is 23.2 Å². The van der Waals surface area contributed by atoms with Gasteiger partial charge < -0.3 is 15.6 Å². The molecule has 0 saturated heterocycles. The molecule has 0 spiro atoms. The molecule has 3 N–H and O–H groups in total. The number of phenols is 1. The van der Waals surface area contributed by atoms with Gasteiger partial charge in [-0.3, -0.25) is 9.59 Å². The van der Waals surface area contributed by atoms with Crippen molar-refractivity contribution in [2.45, 2.75) is 11.8 Å². The van der Waals surface area contributed by atoms with Crippen LogP contribution in [0.5, 0.6) is 17.2 Å². The number of rotatable bonds is 2. The zero-order valence-corrected chi connectivity index (χ0v) is 14.4.